The van der Waals surface area contributed by atoms with Gasteiger partial charge in [-0.25, -0.2) is 0 Å². The van der Waals surface area contributed by atoms with Crippen LogP contribution in [0.25, 0.3) is 16.8 Å². The Morgan fingerprint density at radius 3 is 2.49 bits per heavy atom. The van der Waals surface area contributed by atoms with Gasteiger partial charge < -0.3 is 5.11 Å². The van der Waals surface area contributed by atoms with Gasteiger partial charge in [-0.2, -0.15) is 0 Å². The minimum atomic E-state index is -0.833. The third kappa shape index (κ3) is 5.44. The van der Waals surface area contributed by atoms with E-state index in [0.717, 1.165) is 11.1 Å². The second kappa shape index (κ2) is 11.5. The average Bonchev–Trinajstić information content (AvgIpc) is 3.57. The smallest absolute Gasteiger partial charge is 0.296 e. The van der Waals surface area contributed by atoms with Crippen LogP contribution in [0.15, 0.2) is 119 Å². The van der Waals surface area contributed by atoms with Crippen molar-refractivity contribution in [3.05, 3.63) is 137 Å². The van der Waals surface area contributed by atoms with Gasteiger partial charge in [0, 0.05) is 5.75 Å². The number of nitrogens with zero attached hydrogens (tertiary/aromatic N) is 3. The molecule has 0 aliphatic carbocycles. The lowest BCUT2D eigenvalue weighted by atomic mass is 9.95. The molecule has 1 atom stereocenters. The Hall–Kier alpha value is -4.53. The molecular weight excluding hydrogens is 551 g/mol. The van der Waals surface area contributed by atoms with E-state index in [-0.39, 0.29) is 5.57 Å². The Labute approximate surface area is 245 Å². The molecule has 1 aliphatic rings. The minimum Gasteiger partial charge on any atom is -0.503 e. The highest BCUT2D eigenvalue weighted by molar-refractivity contribution is 8.00. The third-order valence-electron chi connectivity index (χ3n) is 6.93. The summed E-state index contributed by atoms with van der Waals surface area (Å²) in [6.45, 7) is 1.97. The molecule has 1 amide bonds. The van der Waals surface area contributed by atoms with Gasteiger partial charge in [0.05, 0.1) is 11.6 Å². The van der Waals surface area contributed by atoms with Gasteiger partial charge in [0.15, 0.2) is 15.9 Å². The van der Waals surface area contributed by atoms with Crippen LogP contribution in [0.4, 0.5) is 5.13 Å². The van der Waals surface area contributed by atoms with Crippen LogP contribution in [0.1, 0.15) is 28.3 Å². The Bertz CT molecular complexity index is 1810. The van der Waals surface area contributed by atoms with E-state index < -0.39 is 23.5 Å². The highest BCUT2D eigenvalue weighted by Crippen LogP contribution is 2.43. The van der Waals surface area contributed by atoms with Crippen molar-refractivity contribution in [3.63, 3.8) is 0 Å². The molecule has 202 valence electrons. The number of aliphatic hydroxyl groups is 1. The van der Waals surface area contributed by atoms with Gasteiger partial charge in [-0.15, -0.1) is 10.2 Å². The topological polar surface area (TPSA) is 83.4 Å². The van der Waals surface area contributed by atoms with E-state index >= 15 is 0 Å². The fraction of sp³-hybridized carbons (Fsp3) is 0.0909. The van der Waals surface area contributed by atoms with E-state index in [1.54, 1.807) is 6.08 Å². The number of ketones is 1. The van der Waals surface area contributed by atoms with Crippen molar-refractivity contribution in [2.45, 2.75) is 23.1 Å². The van der Waals surface area contributed by atoms with Gasteiger partial charge in [-0.1, -0.05) is 132 Å². The number of aryl methyl sites for hydroxylation is 1. The van der Waals surface area contributed by atoms with E-state index in [9.17, 15) is 14.7 Å². The maximum atomic E-state index is 13.5. The molecule has 1 aromatic heterocycles. The molecule has 0 radical (unpaired) electrons. The number of anilines is 1. The van der Waals surface area contributed by atoms with Crippen LogP contribution in [-0.2, 0) is 15.3 Å². The number of hydrogen-bond acceptors (Lipinski definition) is 7. The zero-order valence-corrected chi connectivity index (χ0v) is 23.7. The Morgan fingerprint density at radius 1 is 0.951 bits per heavy atom. The minimum absolute atomic E-state index is 0.0196. The first-order chi connectivity index (χ1) is 20.0. The van der Waals surface area contributed by atoms with Crippen molar-refractivity contribution in [2.24, 2.45) is 0 Å². The number of aliphatic hydroxyl groups excluding tert-OH is 1. The predicted octanol–water partition coefficient (Wildman–Crippen LogP) is 7.47. The van der Waals surface area contributed by atoms with Crippen LogP contribution >= 0.6 is 23.1 Å². The van der Waals surface area contributed by atoms with Crippen LogP contribution in [0.2, 0.25) is 0 Å². The highest BCUT2D eigenvalue weighted by Gasteiger charge is 2.45. The molecule has 1 N–H and O–H groups in total. The second-order valence-corrected chi connectivity index (χ2v) is 11.8. The van der Waals surface area contributed by atoms with E-state index in [1.807, 2.05) is 79.7 Å². The average molecular weight is 576 g/mol. The van der Waals surface area contributed by atoms with Gasteiger partial charge in [0.25, 0.3) is 5.91 Å². The van der Waals surface area contributed by atoms with Crippen LogP contribution in [0.5, 0.6) is 0 Å². The normalized spacial score (nSPS) is 15.4. The Morgan fingerprint density at radius 2 is 1.68 bits per heavy atom. The van der Waals surface area contributed by atoms with E-state index in [1.165, 1.54) is 50.4 Å². The lowest BCUT2D eigenvalue weighted by Crippen LogP contribution is -2.30. The van der Waals surface area contributed by atoms with Gasteiger partial charge >= 0.3 is 0 Å². The number of carbonyl (C=O) groups is 2. The first-order valence-corrected chi connectivity index (χ1v) is 14.8. The number of carbonyl (C=O) groups excluding carboxylic acids is 2. The molecule has 0 spiro atoms. The molecule has 5 aromatic rings. The highest BCUT2D eigenvalue weighted by atomic mass is 32.2. The molecule has 0 bridgehead atoms. The number of rotatable bonds is 8. The van der Waals surface area contributed by atoms with E-state index in [2.05, 4.69) is 34.5 Å². The van der Waals surface area contributed by atoms with E-state index in [0.29, 0.717) is 20.8 Å². The fourth-order valence-electron chi connectivity index (χ4n) is 4.86. The number of thioether (sulfide) groups is 1. The molecule has 0 fully saturated rings. The fourth-order valence-corrected chi connectivity index (χ4v) is 6.73. The SMILES string of the molecule is Cc1ccc(C2C(C(=O)/C=C/c3ccccc3)=C(O)C(=O)N2c2nnc(SCc3cccc4ccccc34)s2)cc1. The van der Waals surface area contributed by atoms with Gasteiger partial charge in [-0.3, -0.25) is 14.5 Å². The molecule has 0 saturated carbocycles. The quantitative estimate of drug-likeness (QED) is 0.117. The summed E-state index contributed by atoms with van der Waals surface area (Å²) in [5.41, 5.74) is 3.77. The number of allylic oxidation sites excluding steroid dienone is 1. The molecule has 1 aliphatic heterocycles. The zero-order chi connectivity index (χ0) is 28.3. The monoisotopic (exact) mass is 575 g/mol. The summed E-state index contributed by atoms with van der Waals surface area (Å²) in [5, 5.41) is 22.3. The first-order valence-electron chi connectivity index (χ1n) is 13.0. The standard InChI is InChI=1S/C33H25N3O3S2/c1-21-14-17-24(18-15-21)29-28(27(37)19-16-22-8-3-2-4-9-22)30(38)31(39)36(29)32-34-35-33(41-32)40-20-25-12-7-11-23-10-5-6-13-26(23)25/h2-19,29,38H,20H2,1H3/b19-16+. The molecular formula is C33H25N3O3S2. The maximum absolute atomic E-state index is 13.5. The van der Waals surface area contributed by atoms with Crippen molar-refractivity contribution in [1.29, 1.82) is 0 Å². The van der Waals surface area contributed by atoms with Crippen molar-refractivity contribution in [3.8, 4) is 0 Å². The summed E-state index contributed by atoms with van der Waals surface area (Å²) < 4.78 is 0.687. The largest absolute Gasteiger partial charge is 0.503 e. The van der Waals surface area contributed by atoms with Gasteiger partial charge in [0.1, 0.15) is 0 Å². The van der Waals surface area contributed by atoms with Crippen molar-refractivity contribution < 1.29 is 14.7 Å². The van der Waals surface area contributed by atoms with Crippen molar-refractivity contribution >= 4 is 56.8 Å². The summed E-state index contributed by atoms with van der Waals surface area (Å²) in [4.78, 5) is 28.3. The van der Waals surface area contributed by atoms with E-state index in [4.69, 9.17) is 0 Å². The molecule has 6 nitrogen and oxygen atoms in total. The van der Waals surface area contributed by atoms with Crippen LogP contribution in [0.3, 0.4) is 0 Å². The van der Waals surface area contributed by atoms with Crippen molar-refractivity contribution in [1.82, 2.24) is 10.2 Å². The summed E-state index contributed by atoms with van der Waals surface area (Å²) >= 11 is 2.80. The molecule has 41 heavy (non-hydrogen) atoms. The lowest BCUT2D eigenvalue weighted by Gasteiger charge is -2.23. The van der Waals surface area contributed by atoms with Gasteiger partial charge in [-0.05, 0) is 40.5 Å². The Kier molecular flexibility index (Phi) is 7.50. The summed E-state index contributed by atoms with van der Waals surface area (Å²) in [7, 11) is 0. The van der Waals surface area contributed by atoms with Crippen molar-refractivity contribution in [2.75, 3.05) is 4.90 Å². The molecule has 8 heteroatoms. The molecule has 6 rings (SSSR count). The zero-order valence-electron chi connectivity index (χ0n) is 22.1. The Balaban J connectivity index is 1.30. The number of aromatic nitrogens is 2. The lowest BCUT2D eigenvalue weighted by molar-refractivity contribution is -0.117. The molecule has 1 unspecified atom stereocenters. The number of benzene rings is 4. The molecule has 2 heterocycles. The molecule has 0 saturated heterocycles. The molecule has 4 aromatic carbocycles. The predicted molar refractivity (Wildman–Crippen MR) is 165 cm³/mol. The number of hydrogen-bond donors (Lipinski definition) is 1. The first kappa shape index (κ1) is 26.7. The summed E-state index contributed by atoms with van der Waals surface area (Å²) in [6.07, 6.45) is 3.07. The second-order valence-electron chi connectivity index (χ2n) is 9.64. The summed E-state index contributed by atoms with van der Waals surface area (Å²) in [6, 6.07) is 30.6. The number of fused-ring (bicyclic) bond motifs is 1. The maximum Gasteiger partial charge on any atom is 0.296 e. The van der Waals surface area contributed by atoms with Gasteiger partial charge in [0.2, 0.25) is 5.13 Å². The third-order valence-corrected chi connectivity index (χ3v) is 9.03. The summed E-state index contributed by atoms with van der Waals surface area (Å²) in [5.74, 6) is -1.00. The number of amides is 1. The van der Waals surface area contributed by atoms with Crippen LogP contribution < -0.4 is 4.90 Å². The van der Waals surface area contributed by atoms with Crippen LogP contribution in [0, 0.1) is 6.92 Å². The van der Waals surface area contributed by atoms with Crippen LogP contribution in [-0.4, -0.2) is 27.0 Å².